The van der Waals surface area contributed by atoms with Gasteiger partial charge in [0.25, 0.3) is 0 Å². The van der Waals surface area contributed by atoms with Crippen LogP contribution in [0.2, 0.25) is 0 Å². The summed E-state index contributed by atoms with van der Waals surface area (Å²) in [5.74, 6) is -0.159. The van der Waals surface area contributed by atoms with E-state index in [0.29, 0.717) is 17.1 Å². The van der Waals surface area contributed by atoms with E-state index in [0.717, 1.165) is 17.3 Å². The molecule has 0 bridgehead atoms. The molecule has 0 aromatic carbocycles. The van der Waals surface area contributed by atoms with E-state index in [4.69, 9.17) is 5.14 Å². The number of hydrogen-bond acceptors (Lipinski definition) is 5. The van der Waals surface area contributed by atoms with Gasteiger partial charge in [0.05, 0.1) is 21.1 Å². The summed E-state index contributed by atoms with van der Waals surface area (Å²) in [4.78, 5) is 11.3. The Labute approximate surface area is 124 Å². The van der Waals surface area contributed by atoms with Crippen LogP contribution in [0, 0.1) is 0 Å². The Hall–Kier alpha value is -0.640. The summed E-state index contributed by atoms with van der Waals surface area (Å²) in [6.07, 6.45) is 2.45. The van der Waals surface area contributed by atoms with Gasteiger partial charge in [-0.05, 0) is 18.4 Å². The van der Waals surface area contributed by atoms with Crippen molar-refractivity contribution in [2.45, 2.75) is 38.0 Å². The first-order valence-electron chi connectivity index (χ1n) is 6.01. The smallest absolute Gasteiger partial charge is 0.244 e. The molecule has 3 N–H and O–H groups in total. The number of thioether (sulfide) groups is 1. The number of primary sulfonamides is 1. The molecule has 9 heteroatoms. The Bertz CT molecular complexity index is 636. The zero-order chi connectivity index (χ0) is 15.1. The molecule has 2 aliphatic rings. The van der Waals surface area contributed by atoms with Gasteiger partial charge in [-0.1, -0.05) is 24.8 Å². The summed E-state index contributed by atoms with van der Waals surface area (Å²) < 4.78 is 35.7. The van der Waals surface area contributed by atoms with Gasteiger partial charge in [0.1, 0.15) is 4.24 Å². The van der Waals surface area contributed by atoms with Crippen LogP contribution in [0.5, 0.6) is 0 Å². The molecular weight excluding hydrogens is 320 g/mol. The third kappa shape index (κ3) is 3.16. The second-order valence-electron chi connectivity index (χ2n) is 4.78. The molecule has 0 saturated carbocycles. The number of carbonyl (C=O) groups is 1. The fourth-order valence-corrected chi connectivity index (χ4v) is 6.44. The maximum absolute atomic E-state index is 12.3. The van der Waals surface area contributed by atoms with Crippen LogP contribution < -0.4 is 10.5 Å². The van der Waals surface area contributed by atoms with Crippen LogP contribution in [-0.4, -0.2) is 29.8 Å². The second-order valence-corrected chi connectivity index (χ2v) is 9.69. The number of rotatable bonds is 2. The Morgan fingerprint density at radius 1 is 1.55 bits per heavy atom. The highest BCUT2D eigenvalue weighted by atomic mass is 32.3. The van der Waals surface area contributed by atoms with Crippen molar-refractivity contribution in [1.29, 1.82) is 0 Å². The van der Waals surface area contributed by atoms with Gasteiger partial charge >= 0.3 is 0 Å². The van der Waals surface area contributed by atoms with Crippen LogP contribution in [0.4, 0.5) is 0 Å². The third-order valence-corrected chi connectivity index (χ3v) is 7.92. The highest BCUT2D eigenvalue weighted by Gasteiger charge is 2.36. The zero-order valence-corrected chi connectivity index (χ0v) is 13.5. The average Bonchev–Trinajstić information content (AvgIpc) is 2.33. The summed E-state index contributed by atoms with van der Waals surface area (Å²) in [5, 5.41) is 7.81. The van der Waals surface area contributed by atoms with E-state index in [1.807, 2.05) is 6.92 Å². The van der Waals surface area contributed by atoms with Crippen molar-refractivity contribution in [2.24, 2.45) is 5.14 Å². The van der Waals surface area contributed by atoms with Gasteiger partial charge in [-0.3, -0.25) is 9.00 Å². The standard InChI is InChI=1S/C11H16N2O4S3/c1-6-5-9(13-7(2)14)8-3-4-10(20(12,16)17)18-11(8)19(6)15/h4,6,9H,3,5H2,1-2H3,(H,13,14)(H2,12,16,17). The molecule has 3 atom stereocenters. The van der Waals surface area contributed by atoms with Crippen molar-refractivity contribution >= 4 is 38.5 Å². The number of allylic oxidation sites excluding steroid dienone is 1. The molecular formula is C11H16N2O4S3. The molecule has 0 saturated heterocycles. The summed E-state index contributed by atoms with van der Waals surface area (Å²) in [7, 11) is -5.05. The molecule has 2 rings (SSSR count). The predicted molar refractivity (Wildman–Crippen MR) is 80.3 cm³/mol. The number of sulfonamides is 1. The van der Waals surface area contributed by atoms with Gasteiger partial charge in [0.2, 0.25) is 15.9 Å². The van der Waals surface area contributed by atoms with E-state index in [-0.39, 0.29) is 21.4 Å². The highest BCUT2D eigenvalue weighted by Crippen LogP contribution is 2.44. The van der Waals surface area contributed by atoms with E-state index in [1.54, 1.807) is 0 Å². The minimum Gasteiger partial charge on any atom is -0.350 e. The summed E-state index contributed by atoms with van der Waals surface area (Å²) in [6, 6.07) is -0.194. The van der Waals surface area contributed by atoms with Crippen LogP contribution in [0.25, 0.3) is 0 Å². The number of amides is 1. The van der Waals surface area contributed by atoms with E-state index in [2.05, 4.69) is 5.32 Å². The third-order valence-electron chi connectivity index (χ3n) is 3.14. The highest BCUT2D eigenvalue weighted by molar-refractivity contribution is 8.26. The molecule has 0 aliphatic carbocycles. The second kappa shape index (κ2) is 5.63. The first-order valence-corrected chi connectivity index (χ1v) is 9.59. The van der Waals surface area contributed by atoms with Crippen LogP contribution in [-0.2, 0) is 25.6 Å². The Balaban J connectivity index is 2.36. The van der Waals surface area contributed by atoms with Gasteiger partial charge in [0, 0.05) is 12.2 Å². The lowest BCUT2D eigenvalue weighted by Gasteiger charge is -2.33. The van der Waals surface area contributed by atoms with Crippen LogP contribution in [0.15, 0.2) is 20.1 Å². The molecule has 0 fully saturated rings. The van der Waals surface area contributed by atoms with Crippen molar-refractivity contribution in [3.63, 3.8) is 0 Å². The number of nitrogens with one attached hydrogen (secondary N) is 1. The SMILES string of the molecule is CC(=O)NC1CC(C)S(=O)C2=C1CC=C(S(N)(=O)=O)S2. The Morgan fingerprint density at radius 3 is 2.75 bits per heavy atom. The van der Waals surface area contributed by atoms with Crippen molar-refractivity contribution in [3.8, 4) is 0 Å². The van der Waals surface area contributed by atoms with Gasteiger partial charge < -0.3 is 5.32 Å². The fraction of sp³-hybridized carbons (Fsp3) is 0.545. The quantitative estimate of drug-likeness (QED) is 0.764. The maximum atomic E-state index is 12.3. The molecule has 2 heterocycles. The van der Waals surface area contributed by atoms with Gasteiger partial charge in [-0.25, -0.2) is 13.6 Å². The topological polar surface area (TPSA) is 106 Å². The van der Waals surface area contributed by atoms with E-state index in [9.17, 15) is 17.4 Å². The van der Waals surface area contributed by atoms with Gasteiger partial charge in [-0.15, -0.1) is 0 Å². The minimum atomic E-state index is -3.79. The zero-order valence-electron chi connectivity index (χ0n) is 11.1. The van der Waals surface area contributed by atoms with Crippen molar-refractivity contribution in [3.05, 3.63) is 20.1 Å². The molecule has 6 nitrogen and oxygen atoms in total. The maximum Gasteiger partial charge on any atom is 0.244 e. The lowest BCUT2D eigenvalue weighted by molar-refractivity contribution is -0.119. The molecule has 1 amide bonds. The largest absolute Gasteiger partial charge is 0.350 e. The average molecular weight is 336 g/mol. The number of nitrogens with two attached hydrogens (primary N) is 1. The van der Waals surface area contributed by atoms with Crippen LogP contribution >= 0.6 is 11.8 Å². The molecule has 0 radical (unpaired) electrons. The first-order chi connectivity index (χ1) is 9.20. The van der Waals surface area contributed by atoms with Gasteiger partial charge in [0.15, 0.2) is 0 Å². The molecule has 2 aliphatic heterocycles. The van der Waals surface area contributed by atoms with E-state index in [1.165, 1.54) is 13.0 Å². The predicted octanol–water partition coefficient (Wildman–Crippen LogP) is 0.510. The number of hydrogen-bond donors (Lipinski definition) is 2. The minimum absolute atomic E-state index is 0.0280. The summed E-state index contributed by atoms with van der Waals surface area (Å²) in [5.41, 5.74) is 0.828. The van der Waals surface area contributed by atoms with Gasteiger partial charge in [-0.2, -0.15) is 0 Å². The molecule has 20 heavy (non-hydrogen) atoms. The Kier molecular flexibility index (Phi) is 4.43. The van der Waals surface area contributed by atoms with Crippen molar-refractivity contribution in [2.75, 3.05) is 0 Å². The monoisotopic (exact) mass is 336 g/mol. The Morgan fingerprint density at radius 2 is 2.20 bits per heavy atom. The van der Waals surface area contributed by atoms with E-state index < -0.39 is 20.8 Å². The first kappa shape index (κ1) is 15.7. The van der Waals surface area contributed by atoms with E-state index >= 15 is 0 Å². The summed E-state index contributed by atoms with van der Waals surface area (Å²) >= 11 is 0.941. The van der Waals surface area contributed by atoms with Crippen LogP contribution in [0.3, 0.4) is 0 Å². The van der Waals surface area contributed by atoms with Crippen molar-refractivity contribution in [1.82, 2.24) is 5.32 Å². The molecule has 112 valence electrons. The van der Waals surface area contributed by atoms with Crippen LogP contribution in [0.1, 0.15) is 26.7 Å². The molecule has 0 aromatic heterocycles. The molecule has 0 aromatic rings. The number of carbonyl (C=O) groups excluding carboxylic acids is 1. The normalized spacial score (nSPS) is 30.6. The lowest BCUT2D eigenvalue weighted by Crippen LogP contribution is -2.42. The summed E-state index contributed by atoms with van der Waals surface area (Å²) in [6.45, 7) is 3.25. The lowest BCUT2D eigenvalue weighted by atomic mass is 10.00. The molecule has 0 spiro atoms. The molecule has 3 unspecified atom stereocenters. The van der Waals surface area contributed by atoms with Crippen molar-refractivity contribution < 1.29 is 17.4 Å². The fourth-order valence-electron chi connectivity index (χ4n) is 2.24.